The summed E-state index contributed by atoms with van der Waals surface area (Å²) in [6.45, 7) is 3.57. The van der Waals surface area contributed by atoms with Crippen LogP contribution in [-0.2, 0) is 9.53 Å². The Morgan fingerprint density at radius 2 is 2.18 bits per heavy atom. The van der Waals surface area contributed by atoms with Gasteiger partial charge in [-0.15, -0.1) is 0 Å². The molecule has 0 unspecified atom stereocenters. The number of hydrogen-bond acceptors (Lipinski definition) is 3. The van der Waals surface area contributed by atoms with Crippen LogP contribution in [0.5, 0.6) is 0 Å². The van der Waals surface area contributed by atoms with Gasteiger partial charge in [0.15, 0.2) is 0 Å². The van der Waals surface area contributed by atoms with Crippen LogP contribution in [-0.4, -0.2) is 29.1 Å². The second-order valence-electron chi connectivity index (χ2n) is 6.60. The summed E-state index contributed by atoms with van der Waals surface area (Å²) in [5.41, 5.74) is 2.16. The Morgan fingerprint density at radius 3 is 2.95 bits per heavy atom. The molecule has 1 amide bonds. The van der Waals surface area contributed by atoms with E-state index in [1.807, 2.05) is 31.2 Å². The Labute approximate surface area is 129 Å². The summed E-state index contributed by atoms with van der Waals surface area (Å²) in [7, 11) is 0. The van der Waals surface area contributed by atoms with Crippen molar-refractivity contribution < 1.29 is 9.53 Å². The molecule has 1 aliphatic heterocycles. The van der Waals surface area contributed by atoms with Crippen LogP contribution in [0.1, 0.15) is 38.1 Å². The van der Waals surface area contributed by atoms with E-state index in [2.05, 4.69) is 15.3 Å². The number of ether oxygens (including phenoxy) is 1. The number of carbonyl (C=O) groups is 1. The number of rotatable bonds is 3. The largest absolute Gasteiger partial charge is 0.381 e. The third-order valence-corrected chi connectivity index (χ3v) is 5.17. The molecule has 22 heavy (non-hydrogen) atoms. The molecule has 2 fully saturated rings. The van der Waals surface area contributed by atoms with Crippen molar-refractivity contribution in [3.05, 3.63) is 30.1 Å². The molecule has 2 atom stereocenters. The molecule has 2 heterocycles. The van der Waals surface area contributed by atoms with Crippen molar-refractivity contribution in [2.24, 2.45) is 11.3 Å². The van der Waals surface area contributed by atoms with Gasteiger partial charge in [-0.2, -0.15) is 0 Å². The number of benzene rings is 1. The smallest absolute Gasteiger partial charge is 0.224 e. The van der Waals surface area contributed by atoms with Gasteiger partial charge in [0.25, 0.3) is 0 Å². The van der Waals surface area contributed by atoms with Gasteiger partial charge in [-0.3, -0.25) is 4.79 Å². The van der Waals surface area contributed by atoms with Crippen molar-refractivity contribution in [1.82, 2.24) is 15.3 Å². The maximum absolute atomic E-state index is 12.5. The van der Waals surface area contributed by atoms with E-state index < -0.39 is 0 Å². The minimum Gasteiger partial charge on any atom is -0.381 e. The number of para-hydroxylation sites is 2. The van der Waals surface area contributed by atoms with Crippen LogP contribution in [0.25, 0.3) is 11.0 Å². The van der Waals surface area contributed by atoms with Crippen molar-refractivity contribution in [1.29, 1.82) is 0 Å². The number of nitrogens with one attached hydrogen (secondary N) is 2. The maximum atomic E-state index is 12.5. The van der Waals surface area contributed by atoms with Crippen molar-refractivity contribution in [2.75, 3.05) is 13.2 Å². The first-order valence-corrected chi connectivity index (χ1v) is 8.01. The number of carbonyl (C=O) groups excluding carboxylic acids is 1. The van der Waals surface area contributed by atoms with Gasteiger partial charge < -0.3 is 15.0 Å². The molecule has 1 spiro atoms. The van der Waals surface area contributed by atoms with Crippen LogP contribution in [0.4, 0.5) is 0 Å². The number of amides is 1. The number of nitrogens with zero attached hydrogens (tertiary/aromatic N) is 1. The van der Waals surface area contributed by atoms with E-state index in [0.29, 0.717) is 0 Å². The lowest BCUT2D eigenvalue weighted by atomic mass is 9.93. The molecule has 0 bridgehead atoms. The third-order valence-electron chi connectivity index (χ3n) is 5.17. The summed E-state index contributed by atoms with van der Waals surface area (Å²) in [5.74, 6) is 1.13. The average Bonchev–Trinajstić information content (AvgIpc) is 3.05. The lowest BCUT2D eigenvalue weighted by molar-refractivity contribution is -0.124. The van der Waals surface area contributed by atoms with Crippen molar-refractivity contribution in [2.45, 2.75) is 32.2 Å². The van der Waals surface area contributed by atoms with Crippen LogP contribution in [0.2, 0.25) is 0 Å². The van der Waals surface area contributed by atoms with Gasteiger partial charge in [-0.05, 0) is 43.7 Å². The summed E-state index contributed by atoms with van der Waals surface area (Å²) in [4.78, 5) is 20.3. The molecule has 1 saturated carbocycles. The average molecular weight is 299 g/mol. The minimum atomic E-state index is -0.0996. The highest BCUT2D eigenvalue weighted by Crippen LogP contribution is 2.59. The van der Waals surface area contributed by atoms with E-state index in [4.69, 9.17) is 4.74 Å². The first-order valence-electron chi connectivity index (χ1n) is 8.01. The standard InChI is InChI=1S/C17H21N3O2/c1-11(15-19-13-4-2-3-5-14(13)20-15)18-16(21)12-10-17(12)6-8-22-9-7-17/h2-5,11-12H,6-10H2,1H3,(H,18,21)(H,19,20)/t11-,12+/m0/s1. The predicted molar refractivity (Wildman–Crippen MR) is 83.2 cm³/mol. The molecule has 0 radical (unpaired) electrons. The quantitative estimate of drug-likeness (QED) is 0.915. The number of H-pyrrole nitrogens is 1. The first-order chi connectivity index (χ1) is 10.7. The van der Waals surface area contributed by atoms with Crippen molar-refractivity contribution >= 4 is 16.9 Å². The van der Waals surface area contributed by atoms with Crippen molar-refractivity contribution in [3.63, 3.8) is 0 Å². The summed E-state index contributed by atoms with van der Waals surface area (Å²) in [6, 6.07) is 7.82. The molecule has 1 saturated heterocycles. The Kier molecular flexibility index (Phi) is 3.18. The molecule has 2 aliphatic rings. The molecule has 4 rings (SSSR count). The summed E-state index contributed by atoms with van der Waals surface area (Å²) in [5, 5.41) is 3.12. The van der Waals surface area contributed by atoms with E-state index in [9.17, 15) is 4.79 Å². The lowest BCUT2D eigenvalue weighted by Gasteiger charge is -2.23. The van der Waals surface area contributed by atoms with Gasteiger partial charge in [-0.1, -0.05) is 12.1 Å². The van der Waals surface area contributed by atoms with Gasteiger partial charge >= 0.3 is 0 Å². The van der Waals surface area contributed by atoms with E-state index in [1.54, 1.807) is 0 Å². The van der Waals surface area contributed by atoms with E-state index >= 15 is 0 Å². The Hall–Kier alpha value is -1.88. The second-order valence-corrected chi connectivity index (χ2v) is 6.60. The predicted octanol–water partition coefficient (Wildman–Crippen LogP) is 2.56. The van der Waals surface area contributed by atoms with Gasteiger partial charge in [0, 0.05) is 19.1 Å². The molecule has 2 aromatic rings. The summed E-state index contributed by atoms with van der Waals surface area (Å²) in [6.07, 6.45) is 3.04. The third kappa shape index (κ3) is 2.29. The molecule has 1 aromatic carbocycles. The van der Waals surface area contributed by atoms with Gasteiger partial charge in [0.2, 0.25) is 5.91 Å². The van der Waals surface area contributed by atoms with Crippen LogP contribution in [0.3, 0.4) is 0 Å². The van der Waals surface area contributed by atoms with Crippen LogP contribution in [0.15, 0.2) is 24.3 Å². The zero-order valence-corrected chi connectivity index (χ0v) is 12.8. The molecule has 5 nitrogen and oxygen atoms in total. The van der Waals surface area contributed by atoms with E-state index in [0.717, 1.165) is 49.3 Å². The van der Waals surface area contributed by atoms with Crippen LogP contribution >= 0.6 is 0 Å². The van der Waals surface area contributed by atoms with Gasteiger partial charge in [0.1, 0.15) is 5.82 Å². The molecule has 5 heteroatoms. The highest BCUT2D eigenvalue weighted by atomic mass is 16.5. The highest BCUT2D eigenvalue weighted by molar-refractivity contribution is 5.83. The Bertz CT molecular complexity index is 670. The van der Waals surface area contributed by atoms with Gasteiger partial charge in [-0.25, -0.2) is 4.98 Å². The zero-order valence-electron chi connectivity index (χ0n) is 12.8. The Morgan fingerprint density at radius 1 is 1.41 bits per heavy atom. The zero-order chi connectivity index (χ0) is 15.2. The molecule has 116 valence electrons. The molecular weight excluding hydrogens is 278 g/mol. The number of aromatic amines is 1. The molecule has 1 aliphatic carbocycles. The summed E-state index contributed by atoms with van der Waals surface area (Å²) >= 11 is 0. The molecule has 1 aromatic heterocycles. The number of hydrogen-bond donors (Lipinski definition) is 2. The fourth-order valence-corrected chi connectivity index (χ4v) is 3.61. The van der Waals surface area contributed by atoms with Gasteiger partial charge in [0.05, 0.1) is 17.1 Å². The minimum absolute atomic E-state index is 0.0996. The fraction of sp³-hybridized carbons (Fsp3) is 0.529. The molecular formula is C17H21N3O2. The number of imidazole rings is 1. The molecule has 2 N–H and O–H groups in total. The highest BCUT2D eigenvalue weighted by Gasteiger charge is 2.58. The first kappa shape index (κ1) is 13.8. The SMILES string of the molecule is C[C@H](NC(=O)[C@H]1CC12CCOCC2)c1nc2ccccc2[nH]1. The monoisotopic (exact) mass is 299 g/mol. The topological polar surface area (TPSA) is 67.0 Å². The normalized spacial score (nSPS) is 24.3. The van der Waals surface area contributed by atoms with Crippen LogP contribution in [0, 0.1) is 11.3 Å². The second kappa shape index (κ2) is 5.09. The fourth-order valence-electron chi connectivity index (χ4n) is 3.61. The summed E-state index contributed by atoms with van der Waals surface area (Å²) < 4.78 is 5.41. The van der Waals surface area contributed by atoms with E-state index in [-0.39, 0.29) is 23.3 Å². The maximum Gasteiger partial charge on any atom is 0.224 e. The van der Waals surface area contributed by atoms with Crippen molar-refractivity contribution in [3.8, 4) is 0 Å². The number of aromatic nitrogens is 2. The van der Waals surface area contributed by atoms with E-state index in [1.165, 1.54) is 0 Å². The lowest BCUT2D eigenvalue weighted by Crippen LogP contribution is -2.32. The Balaban J connectivity index is 1.43. The van der Waals surface area contributed by atoms with Crippen LogP contribution < -0.4 is 5.32 Å². The number of fused-ring (bicyclic) bond motifs is 1.